The van der Waals surface area contributed by atoms with Crippen molar-refractivity contribution in [2.45, 2.75) is 55.9 Å². The average Bonchev–Trinajstić information content (AvgIpc) is 3.65. The molecule has 2 aromatic carbocycles. The fourth-order valence-corrected chi connectivity index (χ4v) is 7.57. The summed E-state index contributed by atoms with van der Waals surface area (Å²) in [5, 5.41) is 0. The number of ether oxygens (including phenoxy) is 4. The molecule has 1 aliphatic carbocycles. The molecule has 12 heteroatoms. The van der Waals surface area contributed by atoms with E-state index in [1.807, 2.05) is 39.0 Å². The SMILES string of the molecule is COc1ccc(C(CN(C)C(=O)OC(C)(C)C)C(=O)N2CC3=C(C2)CN(S(=O)(=O)c2ccc4c(c2)OCCO4)C3)cc1C1CC1. The molecule has 1 fully saturated rings. The zero-order valence-electron chi connectivity index (χ0n) is 26.5. The van der Waals surface area contributed by atoms with Gasteiger partial charge < -0.3 is 28.7 Å². The number of amides is 2. The lowest BCUT2D eigenvalue weighted by atomic mass is 9.93. The fraction of sp³-hybridized carbons (Fsp3) is 0.515. The third kappa shape index (κ3) is 6.48. The maximum absolute atomic E-state index is 14.2. The van der Waals surface area contributed by atoms with E-state index in [0.717, 1.165) is 40.9 Å². The number of nitrogens with zero attached hydrogens (tertiary/aromatic N) is 3. The van der Waals surface area contributed by atoms with Crippen molar-refractivity contribution in [2.24, 2.45) is 0 Å². The zero-order valence-corrected chi connectivity index (χ0v) is 27.3. The molecule has 4 aliphatic rings. The first kappa shape index (κ1) is 31.2. The molecule has 0 radical (unpaired) electrons. The van der Waals surface area contributed by atoms with Crippen LogP contribution < -0.4 is 14.2 Å². The highest BCUT2D eigenvalue weighted by Gasteiger charge is 2.40. The molecule has 2 amide bonds. The van der Waals surface area contributed by atoms with Crippen LogP contribution in [0, 0.1) is 0 Å². The molecule has 3 heterocycles. The summed E-state index contributed by atoms with van der Waals surface area (Å²) in [6, 6.07) is 10.5. The van der Waals surface area contributed by atoms with Gasteiger partial charge in [-0.2, -0.15) is 4.31 Å². The maximum atomic E-state index is 14.2. The second-order valence-electron chi connectivity index (χ2n) is 13.2. The molecule has 11 nitrogen and oxygen atoms in total. The summed E-state index contributed by atoms with van der Waals surface area (Å²) in [6.07, 6.45) is 1.65. The van der Waals surface area contributed by atoms with Crippen LogP contribution in [0.1, 0.15) is 56.6 Å². The van der Waals surface area contributed by atoms with Crippen LogP contribution in [0.4, 0.5) is 4.79 Å². The smallest absolute Gasteiger partial charge is 0.410 e. The molecule has 1 unspecified atom stereocenters. The van der Waals surface area contributed by atoms with E-state index in [2.05, 4.69) is 0 Å². The van der Waals surface area contributed by atoms with E-state index < -0.39 is 27.6 Å². The third-order valence-electron chi connectivity index (χ3n) is 8.59. The summed E-state index contributed by atoms with van der Waals surface area (Å²) in [5.74, 6) is 1.40. The first-order valence-electron chi connectivity index (χ1n) is 15.3. The lowest BCUT2D eigenvalue weighted by Gasteiger charge is -2.30. The van der Waals surface area contributed by atoms with Crippen molar-refractivity contribution >= 4 is 22.0 Å². The van der Waals surface area contributed by atoms with Crippen LogP contribution in [-0.2, 0) is 19.6 Å². The minimum absolute atomic E-state index is 0.118. The Morgan fingerprint density at radius 2 is 1.64 bits per heavy atom. The van der Waals surface area contributed by atoms with Gasteiger partial charge >= 0.3 is 6.09 Å². The lowest BCUT2D eigenvalue weighted by molar-refractivity contribution is -0.132. The number of methoxy groups -OCH3 is 1. The Labute approximate surface area is 264 Å². The first-order chi connectivity index (χ1) is 21.3. The van der Waals surface area contributed by atoms with Crippen LogP contribution >= 0.6 is 0 Å². The molecular formula is C33H41N3O8S. The molecule has 3 aliphatic heterocycles. The Balaban J connectivity index is 1.19. The largest absolute Gasteiger partial charge is 0.496 e. The molecule has 242 valence electrons. The maximum Gasteiger partial charge on any atom is 0.410 e. The molecule has 6 rings (SSSR count). The van der Waals surface area contributed by atoms with Crippen LogP contribution in [-0.4, -0.2) is 100 Å². The molecule has 0 bridgehead atoms. The number of hydrogen-bond acceptors (Lipinski definition) is 8. The summed E-state index contributed by atoms with van der Waals surface area (Å²) in [7, 11) is -0.494. The molecule has 45 heavy (non-hydrogen) atoms. The Bertz CT molecular complexity index is 1630. The highest BCUT2D eigenvalue weighted by molar-refractivity contribution is 7.89. The van der Waals surface area contributed by atoms with Crippen molar-refractivity contribution in [3.05, 3.63) is 58.7 Å². The first-order valence-corrected chi connectivity index (χ1v) is 16.8. The fourth-order valence-electron chi connectivity index (χ4n) is 6.12. The van der Waals surface area contributed by atoms with E-state index in [1.165, 1.54) is 15.3 Å². The van der Waals surface area contributed by atoms with Crippen LogP contribution in [0.2, 0.25) is 0 Å². The summed E-state index contributed by atoms with van der Waals surface area (Å²) >= 11 is 0. The van der Waals surface area contributed by atoms with Gasteiger partial charge in [0.2, 0.25) is 15.9 Å². The van der Waals surface area contributed by atoms with Gasteiger partial charge in [0.15, 0.2) is 11.5 Å². The van der Waals surface area contributed by atoms with E-state index in [-0.39, 0.29) is 30.4 Å². The van der Waals surface area contributed by atoms with Crippen molar-refractivity contribution in [2.75, 3.05) is 60.1 Å². The quantitative estimate of drug-likeness (QED) is 0.396. The number of carbonyl (C=O) groups is 2. The van der Waals surface area contributed by atoms with Gasteiger partial charge in [-0.25, -0.2) is 13.2 Å². The van der Waals surface area contributed by atoms with Crippen LogP contribution in [0.15, 0.2) is 52.4 Å². The number of fused-ring (bicyclic) bond motifs is 1. The van der Waals surface area contributed by atoms with Gasteiger partial charge in [0.25, 0.3) is 0 Å². The molecule has 1 saturated carbocycles. The summed E-state index contributed by atoms with van der Waals surface area (Å²) in [6.45, 7) is 7.45. The molecule has 2 aromatic rings. The molecule has 1 atom stereocenters. The Morgan fingerprint density at radius 1 is 0.978 bits per heavy atom. The van der Waals surface area contributed by atoms with E-state index in [1.54, 1.807) is 31.2 Å². The topological polar surface area (TPSA) is 115 Å². The van der Waals surface area contributed by atoms with Gasteiger partial charge in [0.1, 0.15) is 24.6 Å². The Morgan fingerprint density at radius 3 is 2.27 bits per heavy atom. The summed E-state index contributed by atoms with van der Waals surface area (Å²) in [4.78, 5) is 30.5. The van der Waals surface area contributed by atoms with Crippen molar-refractivity contribution in [1.82, 2.24) is 14.1 Å². The van der Waals surface area contributed by atoms with Crippen molar-refractivity contribution in [1.29, 1.82) is 0 Å². The summed E-state index contributed by atoms with van der Waals surface area (Å²) < 4.78 is 50.9. The van der Waals surface area contributed by atoms with Gasteiger partial charge in [-0.15, -0.1) is 0 Å². The van der Waals surface area contributed by atoms with Gasteiger partial charge in [0.05, 0.1) is 17.9 Å². The average molecular weight is 640 g/mol. The lowest BCUT2D eigenvalue weighted by Crippen LogP contribution is -2.43. The van der Waals surface area contributed by atoms with Gasteiger partial charge in [0, 0.05) is 45.8 Å². The Kier molecular flexibility index (Phi) is 8.23. The highest BCUT2D eigenvalue weighted by Crippen LogP contribution is 2.45. The number of hydrogen-bond donors (Lipinski definition) is 0. The predicted molar refractivity (Wildman–Crippen MR) is 166 cm³/mol. The van der Waals surface area contributed by atoms with E-state index >= 15 is 0 Å². The predicted octanol–water partition coefficient (Wildman–Crippen LogP) is 4.14. The zero-order chi connectivity index (χ0) is 32.1. The van der Waals surface area contributed by atoms with E-state index in [0.29, 0.717) is 43.7 Å². The second-order valence-corrected chi connectivity index (χ2v) is 15.1. The van der Waals surface area contributed by atoms with Crippen molar-refractivity contribution < 1.29 is 37.0 Å². The molecule has 0 N–H and O–H groups in total. The minimum atomic E-state index is -3.78. The number of benzene rings is 2. The number of carbonyl (C=O) groups excluding carboxylic acids is 2. The second kappa shape index (κ2) is 11.9. The van der Waals surface area contributed by atoms with Crippen molar-refractivity contribution in [3.63, 3.8) is 0 Å². The standard InChI is InChI=1S/C33H41N3O8S/c1-33(2,3)44-32(38)34(4)20-27(22-8-10-28(41-5)26(14-22)21-6-7-21)31(37)35-16-23-18-36(19-24(23)17-35)45(39,40)25-9-11-29-30(15-25)43-13-12-42-29/h8-11,14-15,21,27H,6-7,12-13,16-20H2,1-5H3. The van der Waals surface area contributed by atoms with Gasteiger partial charge in [-0.3, -0.25) is 4.79 Å². The number of likely N-dealkylation sites (N-methyl/N-ethyl adjacent to an activating group) is 1. The highest BCUT2D eigenvalue weighted by atomic mass is 32.2. The third-order valence-corrected chi connectivity index (χ3v) is 10.4. The number of rotatable bonds is 8. The normalized spacial score (nSPS) is 18.9. The van der Waals surface area contributed by atoms with Crippen LogP contribution in [0.3, 0.4) is 0 Å². The van der Waals surface area contributed by atoms with Gasteiger partial charge in [-0.05, 0) is 80.0 Å². The Hall–Kier alpha value is -3.77. The van der Waals surface area contributed by atoms with Crippen molar-refractivity contribution in [3.8, 4) is 17.2 Å². The molecular weight excluding hydrogens is 598 g/mol. The van der Waals surface area contributed by atoms with Crippen LogP contribution in [0.25, 0.3) is 0 Å². The monoisotopic (exact) mass is 639 g/mol. The van der Waals surface area contributed by atoms with Crippen LogP contribution in [0.5, 0.6) is 17.2 Å². The summed E-state index contributed by atoms with van der Waals surface area (Å²) in [5.41, 5.74) is 3.08. The molecule has 0 spiro atoms. The molecule has 0 saturated heterocycles. The van der Waals surface area contributed by atoms with E-state index in [9.17, 15) is 18.0 Å². The van der Waals surface area contributed by atoms with E-state index in [4.69, 9.17) is 18.9 Å². The number of sulfonamides is 1. The molecule has 0 aromatic heterocycles. The van der Waals surface area contributed by atoms with Gasteiger partial charge in [-0.1, -0.05) is 12.1 Å². The minimum Gasteiger partial charge on any atom is -0.496 e.